The number of nitrogen functional groups attached to an aromatic ring is 1. The summed E-state index contributed by atoms with van der Waals surface area (Å²) in [4.78, 5) is 8.33. The summed E-state index contributed by atoms with van der Waals surface area (Å²) in [6, 6.07) is 5.68. The number of aryl methyl sites for hydroxylation is 1. The molecule has 70 valence electrons. The molecule has 2 rings (SSSR count). The molecule has 2 aromatic heterocycles. The summed E-state index contributed by atoms with van der Waals surface area (Å²) < 4.78 is 0. The van der Waals surface area contributed by atoms with Crippen molar-refractivity contribution in [2.24, 2.45) is 0 Å². The Labute approximate surface area is 82.6 Å². The molecule has 3 heteroatoms. The summed E-state index contributed by atoms with van der Waals surface area (Å²) in [5.41, 5.74) is 9.35. The molecule has 0 aromatic carbocycles. The molecule has 0 amide bonds. The molecule has 0 aliphatic carbocycles. The fraction of sp³-hybridized carbons (Fsp3) is 0.0909. The highest BCUT2D eigenvalue weighted by molar-refractivity contribution is 5.71. The zero-order valence-electron chi connectivity index (χ0n) is 7.94. The van der Waals surface area contributed by atoms with E-state index in [0.717, 1.165) is 16.8 Å². The van der Waals surface area contributed by atoms with Crippen LogP contribution in [0.5, 0.6) is 0 Å². The lowest BCUT2D eigenvalue weighted by Gasteiger charge is -2.03. The van der Waals surface area contributed by atoms with Gasteiger partial charge in [-0.25, -0.2) is 0 Å². The van der Waals surface area contributed by atoms with Crippen LogP contribution in [0.15, 0.2) is 36.8 Å². The SMILES string of the molecule is Cc1cncc(-c2ncccc2N)c1. The molecule has 0 aliphatic rings. The molecule has 0 spiro atoms. The quantitative estimate of drug-likeness (QED) is 0.739. The molecule has 0 bridgehead atoms. The summed E-state index contributed by atoms with van der Waals surface area (Å²) in [5, 5.41) is 0. The fourth-order valence-electron chi connectivity index (χ4n) is 1.34. The van der Waals surface area contributed by atoms with Gasteiger partial charge in [0, 0.05) is 24.2 Å². The summed E-state index contributed by atoms with van der Waals surface area (Å²) in [6.45, 7) is 2.00. The van der Waals surface area contributed by atoms with Crippen molar-refractivity contribution < 1.29 is 0 Å². The van der Waals surface area contributed by atoms with Crippen molar-refractivity contribution in [2.75, 3.05) is 5.73 Å². The van der Waals surface area contributed by atoms with E-state index < -0.39 is 0 Å². The lowest BCUT2D eigenvalue weighted by atomic mass is 10.1. The molecule has 0 atom stereocenters. The molecule has 0 radical (unpaired) electrons. The highest BCUT2D eigenvalue weighted by Gasteiger charge is 2.02. The third kappa shape index (κ3) is 1.57. The minimum absolute atomic E-state index is 0.680. The van der Waals surface area contributed by atoms with E-state index in [1.807, 2.05) is 31.3 Å². The van der Waals surface area contributed by atoms with E-state index in [2.05, 4.69) is 9.97 Å². The Morgan fingerprint density at radius 2 is 2.14 bits per heavy atom. The second-order valence-electron chi connectivity index (χ2n) is 3.19. The van der Waals surface area contributed by atoms with E-state index in [1.165, 1.54) is 0 Å². The first-order chi connectivity index (χ1) is 6.77. The Kier molecular flexibility index (Phi) is 2.14. The molecular weight excluding hydrogens is 174 g/mol. The van der Waals surface area contributed by atoms with Gasteiger partial charge in [-0.05, 0) is 30.7 Å². The first kappa shape index (κ1) is 8.69. The fourth-order valence-corrected chi connectivity index (χ4v) is 1.34. The number of anilines is 1. The molecular formula is C11H11N3. The van der Waals surface area contributed by atoms with Crippen LogP contribution >= 0.6 is 0 Å². The predicted octanol–water partition coefficient (Wildman–Crippen LogP) is 2.03. The van der Waals surface area contributed by atoms with Crippen molar-refractivity contribution in [3.05, 3.63) is 42.4 Å². The van der Waals surface area contributed by atoms with Gasteiger partial charge in [-0.15, -0.1) is 0 Å². The minimum atomic E-state index is 0.680. The minimum Gasteiger partial charge on any atom is -0.397 e. The first-order valence-electron chi connectivity index (χ1n) is 4.40. The van der Waals surface area contributed by atoms with E-state index in [4.69, 9.17) is 5.73 Å². The van der Waals surface area contributed by atoms with E-state index in [-0.39, 0.29) is 0 Å². The van der Waals surface area contributed by atoms with Gasteiger partial charge in [0.1, 0.15) is 0 Å². The van der Waals surface area contributed by atoms with Gasteiger partial charge in [-0.3, -0.25) is 9.97 Å². The topological polar surface area (TPSA) is 51.8 Å². The van der Waals surface area contributed by atoms with Crippen molar-refractivity contribution in [3.8, 4) is 11.3 Å². The molecule has 0 unspecified atom stereocenters. The Morgan fingerprint density at radius 1 is 1.29 bits per heavy atom. The van der Waals surface area contributed by atoms with E-state index in [0.29, 0.717) is 5.69 Å². The lowest BCUT2D eigenvalue weighted by Crippen LogP contribution is -1.93. The zero-order valence-corrected chi connectivity index (χ0v) is 7.94. The van der Waals surface area contributed by atoms with E-state index in [1.54, 1.807) is 12.4 Å². The third-order valence-electron chi connectivity index (χ3n) is 1.99. The largest absolute Gasteiger partial charge is 0.397 e. The normalized spacial score (nSPS) is 10.1. The standard InChI is InChI=1S/C11H11N3/c1-8-5-9(7-13-6-8)11-10(12)3-2-4-14-11/h2-7H,12H2,1H3. The summed E-state index contributed by atoms with van der Waals surface area (Å²) in [7, 11) is 0. The molecule has 0 saturated heterocycles. The third-order valence-corrected chi connectivity index (χ3v) is 1.99. The van der Waals surface area contributed by atoms with Gasteiger partial charge in [-0.2, -0.15) is 0 Å². The summed E-state index contributed by atoms with van der Waals surface area (Å²) >= 11 is 0. The molecule has 0 aliphatic heterocycles. The molecule has 2 aromatic rings. The van der Waals surface area contributed by atoms with Crippen LogP contribution in [0, 0.1) is 6.92 Å². The Balaban J connectivity index is 2.55. The van der Waals surface area contributed by atoms with Crippen molar-refractivity contribution in [1.82, 2.24) is 9.97 Å². The van der Waals surface area contributed by atoms with Crippen LogP contribution in [-0.4, -0.2) is 9.97 Å². The van der Waals surface area contributed by atoms with Gasteiger partial charge >= 0.3 is 0 Å². The smallest absolute Gasteiger partial charge is 0.0946 e. The van der Waals surface area contributed by atoms with E-state index in [9.17, 15) is 0 Å². The van der Waals surface area contributed by atoms with Gasteiger partial charge in [0.15, 0.2) is 0 Å². The number of hydrogen-bond donors (Lipinski definition) is 1. The second kappa shape index (κ2) is 3.46. The Hall–Kier alpha value is -1.90. The van der Waals surface area contributed by atoms with Crippen LogP contribution in [0.25, 0.3) is 11.3 Å². The maximum absolute atomic E-state index is 5.81. The number of aromatic nitrogens is 2. The maximum Gasteiger partial charge on any atom is 0.0946 e. The van der Waals surface area contributed by atoms with Gasteiger partial charge in [0.05, 0.1) is 11.4 Å². The van der Waals surface area contributed by atoms with Gasteiger partial charge in [0.2, 0.25) is 0 Å². The number of pyridine rings is 2. The van der Waals surface area contributed by atoms with Crippen LogP contribution in [-0.2, 0) is 0 Å². The van der Waals surface area contributed by atoms with Crippen LogP contribution in [0.4, 0.5) is 5.69 Å². The Morgan fingerprint density at radius 3 is 2.86 bits per heavy atom. The number of nitrogens with two attached hydrogens (primary N) is 1. The Bertz CT molecular complexity index is 452. The van der Waals surface area contributed by atoms with Gasteiger partial charge < -0.3 is 5.73 Å². The summed E-state index contributed by atoms with van der Waals surface area (Å²) in [6.07, 6.45) is 5.31. The summed E-state index contributed by atoms with van der Waals surface area (Å²) in [5.74, 6) is 0. The molecule has 2 heterocycles. The van der Waals surface area contributed by atoms with Crippen LogP contribution in [0.3, 0.4) is 0 Å². The van der Waals surface area contributed by atoms with Crippen molar-refractivity contribution in [3.63, 3.8) is 0 Å². The second-order valence-corrected chi connectivity index (χ2v) is 3.19. The van der Waals surface area contributed by atoms with Crippen LogP contribution in [0.1, 0.15) is 5.56 Å². The van der Waals surface area contributed by atoms with Crippen molar-refractivity contribution in [2.45, 2.75) is 6.92 Å². The van der Waals surface area contributed by atoms with Crippen LogP contribution in [0.2, 0.25) is 0 Å². The van der Waals surface area contributed by atoms with Crippen LogP contribution < -0.4 is 5.73 Å². The van der Waals surface area contributed by atoms with Crippen molar-refractivity contribution >= 4 is 5.69 Å². The predicted molar refractivity (Wildman–Crippen MR) is 56.6 cm³/mol. The van der Waals surface area contributed by atoms with Crippen molar-refractivity contribution in [1.29, 1.82) is 0 Å². The number of hydrogen-bond acceptors (Lipinski definition) is 3. The van der Waals surface area contributed by atoms with Gasteiger partial charge in [-0.1, -0.05) is 0 Å². The molecule has 0 saturated carbocycles. The monoisotopic (exact) mass is 185 g/mol. The van der Waals surface area contributed by atoms with Gasteiger partial charge in [0.25, 0.3) is 0 Å². The average molecular weight is 185 g/mol. The number of nitrogens with zero attached hydrogens (tertiary/aromatic N) is 2. The number of rotatable bonds is 1. The lowest BCUT2D eigenvalue weighted by molar-refractivity contribution is 1.24. The highest BCUT2D eigenvalue weighted by atomic mass is 14.7. The first-order valence-corrected chi connectivity index (χ1v) is 4.40. The van der Waals surface area contributed by atoms with E-state index >= 15 is 0 Å². The average Bonchev–Trinajstić information content (AvgIpc) is 2.18. The maximum atomic E-state index is 5.81. The zero-order chi connectivity index (χ0) is 9.97. The highest BCUT2D eigenvalue weighted by Crippen LogP contribution is 2.22. The molecule has 14 heavy (non-hydrogen) atoms. The molecule has 0 fully saturated rings. The molecule has 3 nitrogen and oxygen atoms in total. The molecule has 2 N–H and O–H groups in total.